The van der Waals surface area contributed by atoms with Crippen LogP contribution in [-0.2, 0) is 29.2 Å². The molecular weight excluding hydrogens is 510 g/mol. The fraction of sp³-hybridized carbons (Fsp3) is 0.615. The van der Waals surface area contributed by atoms with Gasteiger partial charge >= 0.3 is 0 Å². The highest BCUT2D eigenvalue weighted by Crippen LogP contribution is 2.28. The Kier molecular flexibility index (Phi) is 9.88. The van der Waals surface area contributed by atoms with E-state index in [4.69, 9.17) is 5.73 Å². The van der Waals surface area contributed by atoms with Crippen LogP contribution in [0.1, 0.15) is 51.5 Å². The zero-order chi connectivity index (χ0) is 28.0. The summed E-state index contributed by atoms with van der Waals surface area (Å²) in [6, 6.07) is 5.02. The SMILES string of the molecule is Cc1ccc(S(=O)(=O)N2CCC[C@@H](C(=O)N3CCC[C@@H]3C(=O)N[C@@H](CC(C)C)C(=O)NCC(N)=O)C2)cc1. The lowest BCUT2D eigenvalue weighted by Gasteiger charge is -2.35. The van der Waals surface area contributed by atoms with Crippen LogP contribution >= 0.6 is 0 Å². The van der Waals surface area contributed by atoms with Crippen molar-refractivity contribution < 1.29 is 27.6 Å². The predicted molar refractivity (Wildman–Crippen MR) is 141 cm³/mol. The lowest BCUT2D eigenvalue weighted by molar-refractivity contribution is -0.143. The summed E-state index contributed by atoms with van der Waals surface area (Å²) in [6.45, 7) is 6.15. The maximum Gasteiger partial charge on any atom is 0.243 e. The first kappa shape index (κ1) is 29.6. The molecule has 0 aliphatic carbocycles. The van der Waals surface area contributed by atoms with Gasteiger partial charge in [0.15, 0.2) is 0 Å². The van der Waals surface area contributed by atoms with Crippen molar-refractivity contribution in [1.82, 2.24) is 19.8 Å². The smallest absolute Gasteiger partial charge is 0.243 e. The van der Waals surface area contributed by atoms with Crippen molar-refractivity contribution in [3.63, 3.8) is 0 Å². The molecule has 11 nitrogen and oxygen atoms in total. The Labute approximate surface area is 224 Å². The van der Waals surface area contributed by atoms with Gasteiger partial charge in [-0.05, 0) is 57.1 Å². The van der Waals surface area contributed by atoms with Crippen molar-refractivity contribution in [3.05, 3.63) is 29.8 Å². The summed E-state index contributed by atoms with van der Waals surface area (Å²) in [7, 11) is -3.74. The lowest BCUT2D eigenvalue weighted by Crippen LogP contribution is -2.55. The van der Waals surface area contributed by atoms with E-state index in [9.17, 15) is 27.6 Å². The molecule has 4 amide bonds. The number of sulfonamides is 1. The van der Waals surface area contributed by atoms with E-state index in [-0.39, 0.29) is 29.8 Å². The second-order valence-electron chi connectivity index (χ2n) is 10.6. The number of benzene rings is 1. The van der Waals surface area contributed by atoms with Crippen LogP contribution in [0, 0.1) is 18.8 Å². The molecule has 0 bridgehead atoms. The molecule has 2 heterocycles. The second kappa shape index (κ2) is 12.7. The monoisotopic (exact) mass is 549 g/mol. The molecule has 2 aliphatic heterocycles. The van der Waals surface area contributed by atoms with E-state index in [1.807, 2.05) is 20.8 Å². The number of hydrogen-bond donors (Lipinski definition) is 3. The highest BCUT2D eigenvalue weighted by atomic mass is 32.2. The average molecular weight is 550 g/mol. The average Bonchev–Trinajstić information content (AvgIpc) is 3.36. The summed E-state index contributed by atoms with van der Waals surface area (Å²) in [5, 5.41) is 5.19. The van der Waals surface area contributed by atoms with Gasteiger partial charge in [-0.2, -0.15) is 4.31 Å². The van der Waals surface area contributed by atoms with E-state index in [0.717, 1.165) is 5.56 Å². The molecule has 3 rings (SSSR count). The molecule has 1 aromatic rings. The number of hydrogen-bond acceptors (Lipinski definition) is 6. The maximum absolute atomic E-state index is 13.5. The fourth-order valence-electron chi connectivity index (χ4n) is 5.03. The molecule has 0 radical (unpaired) electrons. The van der Waals surface area contributed by atoms with E-state index < -0.39 is 45.7 Å². The zero-order valence-corrected chi connectivity index (χ0v) is 23.1. The first-order chi connectivity index (χ1) is 17.9. The number of carbonyl (C=O) groups is 4. The highest BCUT2D eigenvalue weighted by molar-refractivity contribution is 7.89. The number of primary amides is 1. The zero-order valence-electron chi connectivity index (χ0n) is 22.3. The van der Waals surface area contributed by atoms with Crippen LogP contribution in [0.2, 0.25) is 0 Å². The van der Waals surface area contributed by atoms with Gasteiger partial charge in [0.1, 0.15) is 12.1 Å². The molecule has 0 aromatic heterocycles. The molecule has 2 fully saturated rings. The molecule has 2 aliphatic rings. The van der Waals surface area contributed by atoms with Crippen molar-refractivity contribution in [3.8, 4) is 0 Å². The molecule has 0 spiro atoms. The fourth-order valence-corrected chi connectivity index (χ4v) is 6.55. The Morgan fingerprint density at radius 2 is 1.71 bits per heavy atom. The molecule has 12 heteroatoms. The van der Waals surface area contributed by atoms with Gasteiger partial charge in [0.25, 0.3) is 0 Å². The number of likely N-dealkylation sites (tertiary alicyclic amines) is 1. The largest absolute Gasteiger partial charge is 0.368 e. The third-order valence-electron chi connectivity index (χ3n) is 7.01. The summed E-state index contributed by atoms with van der Waals surface area (Å²) >= 11 is 0. The normalized spacial score (nSPS) is 21.2. The quantitative estimate of drug-likeness (QED) is 0.386. The molecule has 3 atom stereocenters. The van der Waals surface area contributed by atoms with Gasteiger partial charge in [-0.25, -0.2) is 8.42 Å². The molecular formula is C26H39N5O6S. The number of piperidine rings is 1. The van der Waals surface area contributed by atoms with Crippen molar-refractivity contribution >= 4 is 33.7 Å². The van der Waals surface area contributed by atoms with Crippen LogP contribution in [0.25, 0.3) is 0 Å². The van der Waals surface area contributed by atoms with Crippen LogP contribution in [0.5, 0.6) is 0 Å². The van der Waals surface area contributed by atoms with E-state index in [0.29, 0.717) is 45.2 Å². The topological polar surface area (TPSA) is 159 Å². The van der Waals surface area contributed by atoms with Crippen molar-refractivity contribution in [2.75, 3.05) is 26.2 Å². The van der Waals surface area contributed by atoms with Gasteiger partial charge in [0.05, 0.1) is 17.4 Å². The molecule has 1 aromatic carbocycles. The summed E-state index contributed by atoms with van der Waals surface area (Å²) in [6.07, 6.45) is 2.51. The maximum atomic E-state index is 13.5. The standard InChI is InChI=1S/C26H39N5O6S/c1-17(2)14-21(24(33)28-15-23(27)32)29-25(34)22-7-5-13-31(22)26(35)19-6-4-12-30(16-19)38(36,37)20-10-8-18(3)9-11-20/h8-11,17,19,21-22H,4-7,12-16H2,1-3H3,(H2,27,32)(H,28,33)(H,29,34)/t19-,21+,22-/m1/s1. The Morgan fingerprint density at radius 3 is 2.34 bits per heavy atom. The number of amides is 4. The first-order valence-corrected chi connectivity index (χ1v) is 14.6. The number of nitrogens with two attached hydrogens (primary N) is 1. The number of aryl methyl sites for hydroxylation is 1. The molecule has 2 saturated heterocycles. The Morgan fingerprint density at radius 1 is 1.05 bits per heavy atom. The van der Waals surface area contributed by atoms with Crippen LogP contribution < -0.4 is 16.4 Å². The molecule has 0 unspecified atom stereocenters. The van der Waals surface area contributed by atoms with Crippen LogP contribution in [0.15, 0.2) is 29.2 Å². The predicted octanol–water partition coefficient (Wildman–Crippen LogP) is 0.519. The van der Waals surface area contributed by atoms with Crippen molar-refractivity contribution in [2.45, 2.75) is 69.9 Å². The Balaban J connectivity index is 1.68. The van der Waals surface area contributed by atoms with Crippen LogP contribution in [0.3, 0.4) is 0 Å². The van der Waals surface area contributed by atoms with Gasteiger partial charge in [-0.15, -0.1) is 0 Å². The minimum absolute atomic E-state index is 0.0609. The summed E-state index contributed by atoms with van der Waals surface area (Å²) in [5.41, 5.74) is 6.07. The van der Waals surface area contributed by atoms with E-state index in [1.54, 1.807) is 24.3 Å². The van der Waals surface area contributed by atoms with Gasteiger partial charge in [-0.3, -0.25) is 19.2 Å². The number of carbonyl (C=O) groups excluding carboxylic acids is 4. The van der Waals surface area contributed by atoms with E-state index in [2.05, 4.69) is 10.6 Å². The summed E-state index contributed by atoms with van der Waals surface area (Å²) in [5.74, 6) is -2.34. The Bertz CT molecular complexity index is 1140. The third-order valence-corrected chi connectivity index (χ3v) is 8.89. The first-order valence-electron chi connectivity index (χ1n) is 13.1. The lowest BCUT2D eigenvalue weighted by atomic mass is 9.97. The third kappa shape index (κ3) is 7.31. The molecule has 210 valence electrons. The van der Waals surface area contributed by atoms with Crippen LogP contribution in [0.4, 0.5) is 0 Å². The number of rotatable bonds is 10. The van der Waals surface area contributed by atoms with Gasteiger partial charge in [-0.1, -0.05) is 31.5 Å². The highest BCUT2D eigenvalue weighted by Gasteiger charge is 2.41. The summed E-state index contributed by atoms with van der Waals surface area (Å²) < 4.78 is 27.8. The van der Waals surface area contributed by atoms with Gasteiger partial charge in [0.2, 0.25) is 33.7 Å². The molecule has 38 heavy (non-hydrogen) atoms. The summed E-state index contributed by atoms with van der Waals surface area (Å²) in [4.78, 5) is 52.1. The van der Waals surface area contributed by atoms with Crippen LogP contribution in [-0.4, -0.2) is 79.5 Å². The van der Waals surface area contributed by atoms with Crippen molar-refractivity contribution in [1.29, 1.82) is 0 Å². The van der Waals surface area contributed by atoms with Crippen molar-refractivity contribution in [2.24, 2.45) is 17.6 Å². The molecule has 0 saturated carbocycles. The van der Waals surface area contributed by atoms with Gasteiger partial charge < -0.3 is 21.3 Å². The molecule has 4 N–H and O–H groups in total. The van der Waals surface area contributed by atoms with Gasteiger partial charge in [0, 0.05) is 19.6 Å². The van der Waals surface area contributed by atoms with E-state index in [1.165, 1.54) is 9.21 Å². The second-order valence-corrected chi connectivity index (χ2v) is 12.5. The number of nitrogens with zero attached hydrogens (tertiary/aromatic N) is 2. The number of nitrogens with one attached hydrogen (secondary N) is 2. The minimum Gasteiger partial charge on any atom is -0.368 e. The minimum atomic E-state index is -3.74. The Hall–Kier alpha value is -2.99. The van der Waals surface area contributed by atoms with E-state index >= 15 is 0 Å².